The molecule has 1 fully saturated rings. The molecule has 3 rings (SSSR count). The summed E-state index contributed by atoms with van der Waals surface area (Å²) in [6.45, 7) is 2.90. The first-order chi connectivity index (χ1) is 11.0. The first-order valence-corrected chi connectivity index (χ1v) is 7.46. The second-order valence-electron chi connectivity index (χ2n) is 5.73. The lowest BCUT2D eigenvalue weighted by Crippen LogP contribution is -2.23. The van der Waals surface area contributed by atoms with Crippen molar-refractivity contribution in [2.45, 2.75) is 25.8 Å². The highest BCUT2D eigenvalue weighted by Crippen LogP contribution is 2.38. The molecule has 1 aliphatic rings. The molecular weight excluding hydrogens is 294 g/mol. The van der Waals surface area contributed by atoms with E-state index >= 15 is 0 Å². The van der Waals surface area contributed by atoms with Gasteiger partial charge in [-0.3, -0.25) is 14.8 Å². The van der Waals surface area contributed by atoms with Gasteiger partial charge in [0, 0.05) is 36.6 Å². The zero-order valence-corrected chi connectivity index (χ0v) is 13.1. The molecule has 7 heteroatoms. The number of aromatic nitrogens is 2. The van der Waals surface area contributed by atoms with E-state index in [9.17, 15) is 15.4 Å². The number of hydrogen-bond acceptors (Lipinski definition) is 5. The average Bonchev–Trinajstić information content (AvgIpc) is 3.14. The molecule has 23 heavy (non-hydrogen) atoms. The van der Waals surface area contributed by atoms with Crippen molar-refractivity contribution in [3.63, 3.8) is 0 Å². The first kappa shape index (κ1) is 15.0. The Morgan fingerprint density at radius 3 is 2.87 bits per heavy atom. The molecule has 0 bridgehead atoms. The van der Waals surface area contributed by atoms with Gasteiger partial charge in [0.2, 0.25) is 0 Å². The van der Waals surface area contributed by atoms with Crippen molar-refractivity contribution in [2.24, 2.45) is 7.05 Å². The molecule has 0 N–H and O–H groups in total. The highest BCUT2D eigenvalue weighted by atomic mass is 16.6. The Balaban J connectivity index is 1.99. The minimum atomic E-state index is -0.519. The van der Waals surface area contributed by atoms with Gasteiger partial charge in [-0.15, -0.1) is 0 Å². The molecule has 0 saturated carbocycles. The molecule has 118 valence electrons. The number of aryl methyl sites for hydroxylation is 1. The van der Waals surface area contributed by atoms with E-state index in [4.69, 9.17) is 0 Å². The van der Waals surface area contributed by atoms with E-state index in [0.29, 0.717) is 0 Å². The van der Waals surface area contributed by atoms with Crippen LogP contribution in [-0.4, -0.2) is 21.2 Å². The number of nitriles is 1. The van der Waals surface area contributed by atoms with Crippen LogP contribution in [0.2, 0.25) is 0 Å². The standard InChI is InChI=1S/C16H17N5O2/c1-11-14(10-18-19(11)2)16-4-3-7-20(16)13-5-6-15(21(22)23)12(8-13)9-17/h5-6,8,10,16H,3-4,7H2,1-2H3/t16-/m0/s1. The van der Waals surface area contributed by atoms with Crippen LogP contribution >= 0.6 is 0 Å². The summed E-state index contributed by atoms with van der Waals surface area (Å²) in [6, 6.07) is 6.87. The highest BCUT2D eigenvalue weighted by Gasteiger charge is 2.29. The van der Waals surface area contributed by atoms with E-state index in [0.717, 1.165) is 30.8 Å². The number of anilines is 1. The van der Waals surface area contributed by atoms with Crippen LogP contribution in [0.1, 0.15) is 35.7 Å². The zero-order chi connectivity index (χ0) is 16.6. The summed E-state index contributed by atoms with van der Waals surface area (Å²) in [7, 11) is 1.91. The van der Waals surface area contributed by atoms with E-state index < -0.39 is 4.92 Å². The fourth-order valence-electron chi connectivity index (χ4n) is 3.19. The Morgan fingerprint density at radius 1 is 1.48 bits per heavy atom. The molecule has 2 aromatic rings. The topological polar surface area (TPSA) is 88.0 Å². The van der Waals surface area contributed by atoms with E-state index in [1.54, 1.807) is 12.1 Å². The summed E-state index contributed by atoms with van der Waals surface area (Å²) in [5.74, 6) is 0. The van der Waals surface area contributed by atoms with E-state index in [1.165, 1.54) is 11.6 Å². The minimum Gasteiger partial charge on any atom is -0.364 e. The molecule has 2 heterocycles. The van der Waals surface area contributed by atoms with Crippen molar-refractivity contribution in [2.75, 3.05) is 11.4 Å². The Hall–Kier alpha value is -2.88. The molecule has 1 aliphatic heterocycles. The predicted molar refractivity (Wildman–Crippen MR) is 85.1 cm³/mol. The van der Waals surface area contributed by atoms with Crippen molar-refractivity contribution in [3.05, 3.63) is 51.3 Å². The van der Waals surface area contributed by atoms with Gasteiger partial charge < -0.3 is 4.90 Å². The van der Waals surface area contributed by atoms with Crippen LogP contribution in [-0.2, 0) is 7.05 Å². The summed E-state index contributed by atoms with van der Waals surface area (Å²) >= 11 is 0. The number of nitro benzene ring substituents is 1. The minimum absolute atomic E-state index is 0.0982. The van der Waals surface area contributed by atoms with Crippen LogP contribution in [0, 0.1) is 28.4 Å². The van der Waals surface area contributed by atoms with Gasteiger partial charge >= 0.3 is 0 Å². The van der Waals surface area contributed by atoms with E-state index in [2.05, 4.69) is 10.00 Å². The van der Waals surface area contributed by atoms with Crippen molar-refractivity contribution in [3.8, 4) is 6.07 Å². The molecule has 1 aromatic heterocycles. The number of hydrogen-bond donors (Lipinski definition) is 0. The van der Waals surface area contributed by atoms with Crippen LogP contribution in [0.25, 0.3) is 0 Å². The molecular formula is C16H17N5O2. The number of nitro groups is 1. The second-order valence-corrected chi connectivity index (χ2v) is 5.73. The smallest absolute Gasteiger partial charge is 0.287 e. The van der Waals surface area contributed by atoms with Crippen LogP contribution in [0.3, 0.4) is 0 Å². The molecule has 7 nitrogen and oxygen atoms in total. The quantitative estimate of drug-likeness (QED) is 0.642. The van der Waals surface area contributed by atoms with Gasteiger partial charge in [0.05, 0.1) is 17.2 Å². The normalized spacial score (nSPS) is 17.3. The molecule has 0 amide bonds. The second kappa shape index (κ2) is 5.72. The van der Waals surface area contributed by atoms with Gasteiger partial charge in [0.1, 0.15) is 11.6 Å². The molecule has 0 unspecified atom stereocenters. The van der Waals surface area contributed by atoms with Gasteiger partial charge in [-0.1, -0.05) is 0 Å². The largest absolute Gasteiger partial charge is 0.364 e. The first-order valence-electron chi connectivity index (χ1n) is 7.46. The Morgan fingerprint density at radius 2 is 2.26 bits per heavy atom. The molecule has 0 aliphatic carbocycles. The van der Waals surface area contributed by atoms with Crippen molar-refractivity contribution < 1.29 is 4.92 Å². The van der Waals surface area contributed by atoms with Gasteiger partial charge in [-0.05, 0) is 31.9 Å². The SMILES string of the molecule is Cc1c([C@@H]2CCCN2c2ccc([N+](=O)[O-])c(C#N)c2)cnn1C. The molecule has 1 aromatic carbocycles. The summed E-state index contributed by atoms with van der Waals surface area (Å²) in [4.78, 5) is 12.7. The molecule has 1 atom stereocenters. The fourth-order valence-corrected chi connectivity index (χ4v) is 3.19. The van der Waals surface area contributed by atoms with Crippen LogP contribution in [0.4, 0.5) is 11.4 Å². The van der Waals surface area contributed by atoms with Crippen molar-refractivity contribution in [1.82, 2.24) is 9.78 Å². The summed E-state index contributed by atoms with van der Waals surface area (Å²) in [5.41, 5.74) is 3.08. The molecule has 1 saturated heterocycles. The average molecular weight is 311 g/mol. The molecule has 0 spiro atoms. The third-order valence-electron chi connectivity index (χ3n) is 4.51. The zero-order valence-electron chi connectivity index (χ0n) is 13.1. The van der Waals surface area contributed by atoms with Crippen molar-refractivity contribution in [1.29, 1.82) is 5.26 Å². The van der Waals surface area contributed by atoms with Crippen LogP contribution in [0.15, 0.2) is 24.4 Å². The number of benzene rings is 1. The maximum atomic E-state index is 11.0. The predicted octanol–water partition coefficient (Wildman–Crippen LogP) is 2.85. The maximum Gasteiger partial charge on any atom is 0.287 e. The lowest BCUT2D eigenvalue weighted by molar-refractivity contribution is -0.385. The third-order valence-corrected chi connectivity index (χ3v) is 4.51. The third kappa shape index (κ3) is 2.52. The van der Waals surface area contributed by atoms with Gasteiger partial charge in [-0.2, -0.15) is 10.4 Å². The van der Waals surface area contributed by atoms with Gasteiger partial charge in [-0.25, -0.2) is 0 Å². The highest BCUT2D eigenvalue weighted by molar-refractivity contribution is 5.61. The van der Waals surface area contributed by atoms with Crippen LogP contribution in [0.5, 0.6) is 0 Å². The number of rotatable bonds is 3. The van der Waals surface area contributed by atoms with Gasteiger partial charge in [0.15, 0.2) is 0 Å². The summed E-state index contributed by atoms with van der Waals surface area (Å²) in [6.07, 6.45) is 3.93. The summed E-state index contributed by atoms with van der Waals surface area (Å²) in [5, 5.41) is 24.5. The molecule has 0 radical (unpaired) electrons. The van der Waals surface area contributed by atoms with Crippen LogP contribution < -0.4 is 4.90 Å². The lowest BCUT2D eigenvalue weighted by atomic mass is 10.0. The number of nitrogens with zero attached hydrogens (tertiary/aromatic N) is 5. The Bertz CT molecular complexity index is 805. The van der Waals surface area contributed by atoms with E-state index in [1.807, 2.05) is 30.9 Å². The maximum absolute atomic E-state index is 11.0. The van der Waals surface area contributed by atoms with Crippen molar-refractivity contribution >= 4 is 11.4 Å². The lowest BCUT2D eigenvalue weighted by Gasteiger charge is -2.27. The monoisotopic (exact) mass is 311 g/mol. The Kier molecular flexibility index (Phi) is 3.74. The fraction of sp³-hybridized carbons (Fsp3) is 0.375. The van der Waals surface area contributed by atoms with E-state index in [-0.39, 0.29) is 17.3 Å². The van der Waals surface area contributed by atoms with Gasteiger partial charge in [0.25, 0.3) is 5.69 Å². The summed E-state index contributed by atoms with van der Waals surface area (Å²) < 4.78 is 1.85. The Labute approximate surface area is 133 Å².